The molecule has 6 heteroatoms. The molecule has 0 unspecified atom stereocenters. The van der Waals surface area contributed by atoms with Gasteiger partial charge in [0, 0.05) is 43.2 Å². The minimum Gasteiger partial charge on any atom is -0.334 e. The van der Waals surface area contributed by atoms with E-state index in [4.69, 9.17) is 0 Å². The first-order valence-corrected chi connectivity index (χ1v) is 10.8. The number of aromatic amines is 1. The molecular formula is C26H27N3O3. The van der Waals surface area contributed by atoms with Crippen LogP contribution in [-0.2, 0) is 19.4 Å². The van der Waals surface area contributed by atoms with Crippen molar-refractivity contribution >= 4 is 11.7 Å². The SMILES string of the molecule is CC1(C)CC(=O)c2cc(C(=O)N(CCc3ccccc3)Cc3ccncc3)c(=O)[nH]c2C1. The molecule has 164 valence electrons. The van der Waals surface area contributed by atoms with Gasteiger partial charge in [-0.3, -0.25) is 19.4 Å². The number of hydrogen-bond donors (Lipinski definition) is 1. The summed E-state index contributed by atoms with van der Waals surface area (Å²) in [5.74, 6) is -0.411. The second-order valence-electron chi connectivity index (χ2n) is 9.16. The summed E-state index contributed by atoms with van der Waals surface area (Å²) in [4.78, 5) is 47.6. The van der Waals surface area contributed by atoms with Crippen molar-refractivity contribution in [2.24, 2.45) is 5.41 Å². The van der Waals surface area contributed by atoms with E-state index in [1.165, 1.54) is 6.07 Å². The van der Waals surface area contributed by atoms with E-state index in [0.717, 1.165) is 11.1 Å². The van der Waals surface area contributed by atoms with Gasteiger partial charge in [-0.05, 0) is 47.6 Å². The molecule has 2 heterocycles. The maximum absolute atomic E-state index is 13.5. The van der Waals surface area contributed by atoms with Gasteiger partial charge in [-0.2, -0.15) is 0 Å². The van der Waals surface area contributed by atoms with E-state index in [1.54, 1.807) is 17.3 Å². The lowest BCUT2D eigenvalue weighted by Gasteiger charge is -2.30. The molecule has 1 aliphatic carbocycles. The van der Waals surface area contributed by atoms with Crippen LogP contribution in [0.2, 0.25) is 0 Å². The van der Waals surface area contributed by atoms with Crippen LogP contribution in [-0.4, -0.2) is 33.1 Å². The van der Waals surface area contributed by atoms with E-state index in [9.17, 15) is 14.4 Å². The molecule has 1 aromatic carbocycles. The van der Waals surface area contributed by atoms with E-state index in [0.29, 0.717) is 43.6 Å². The Kier molecular flexibility index (Phi) is 6.04. The number of carbonyl (C=O) groups is 2. The summed E-state index contributed by atoms with van der Waals surface area (Å²) in [6.07, 6.45) is 5.02. The summed E-state index contributed by atoms with van der Waals surface area (Å²) in [6, 6.07) is 15.1. The van der Waals surface area contributed by atoms with Crippen molar-refractivity contribution in [2.75, 3.05) is 6.54 Å². The third-order valence-corrected chi connectivity index (χ3v) is 5.87. The predicted octanol–water partition coefficient (Wildman–Crippen LogP) is 3.81. The lowest BCUT2D eigenvalue weighted by molar-refractivity contribution is 0.0743. The topological polar surface area (TPSA) is 83.1 Å². The number of pyridine rings is 2. The van der Waals surface area contributed by atoms with E-state index in [-0.39, 0.29) is 22.7 Å². The van der Waals surface area contributed by atoms with Gasteiger partial charge in [0.25, 0.3) is 11.5 Å². The number of ketones is 1. The second kappa shape index (κ2) is 8.91. The number of amides is 1. The van der Waals surface area contributed by atoms with Gasteiger partial charge >= 0.3 is 0 Å². The smallest absolute Gasteiger partial charge is 0.261 e. The molecule has 0 aliphatic heterocycles. The van der Waals surface area contributed by atoms with Crippen molar-refractivity contribution in [1.82, 2.24) is 14.9 Å². The lowest BCUT2D eigenvalue weighted by Crippen LogP contribution is -2.38. The largest absolute Gasteiger partial charge is 0.334 e. The number of H-pyrrole nitrogens is 1. The molecule has 0 bridgehead atoms. The van der Waals surface area contributed by atoms with Gasteiger partial charge in [0.1, 0.15) is 5.56 Å². The van der Waals surface area contributed by atoms with E-state index >= 15 is 0 Å². The highest BCUT2D eigenvalue weighted by atomic mass is 16.2. The zero-order valence-corrected chi connectivity index (χ0v) is 18.4. The van der Waals surface area contributed by atoms with Crippen LogP contribution in [0.4, 0.5) is 0 Å². The van der Waals surface area contributed by atoms with Crippen molar-refractivity contribution in [3.8, 4) is 0 Å². The van der Waals surface area contributed by atoms with Gasteiger partial charge in [-0.25, -0.2) is 0 Å². The third kappa shape index (κ3) is 4.85. The van der Waals surface area contributed by atoms with E-state index < -0.39 is 5.56 Å². The Bertz CT molecular complexity index is 1180. The Morgan fingerprint density at radius 3 is 2.47 bits per heavy atom. The molecule has 0 fully saturated rings. The Hall–Kier alpha value is -3.54. The van der Waals surface area contributed by atoms with Crippen LogP contribution in [0.1, 0.15) is 57.8 Å². The fourth-order valence-electron chi connectivity index (χ4n) is 4.23. The van der Waals surface area contributed by atoms with Crippen LogP contribution in [0.5, 0.6) is 0 Å². The highest BCUT2D eigenvalue weighted by molar-refractivity contribution is 6.02. The summed E-state index contributed by atoms with van der Waals surface area (Å²) in [7, 11) is 0. The number of nitrogens with one attached hydrogen (secondary N) is 1. The lowest BCUT2D eigenvalue weighted by atomic mass is 9.75. The number of aromatic nitrogens is 2. The quantitative estimate of drug-likeness (QED) is 0.646. The number of carbonyl (C=O) groups excluding carboxylic acids is 2. The second-order valence-corrected chi connectivity index (χ2v) is 9.16. The van der Waals surface area contributed by atoms with Gasteiger partial charge in [0.2, 0.25) is 0 Å². The summed E-state index contributed by atoms with van der Waals surface area (Å²) in [5, 5.41) is 0. The molecule has 6 nitrogen and oxygen atoms in total. The molecule has 1 N–H and O–H groups in total. The summed E-state index contributed by atoms with van der Waals surface area (Å²) in [5.41, 5.74) is 2.47. The zero-order valence-electron chi connectivity index (χ0n) is 18.4. The van der Waals surface area contributed by atoms with Crippen LogP contribution in [0.3, 0.4) is 0 Å². The maximum atomic E-state index is 13.5. The number of rotatable bonds is 6. The molecule has 0 spiro atoms. The van der Waals surface area contributed by atoms with Gasteiger partial charge in [0.05, 0.1) is 0 Å². The van der Waals surface area contributed by atoms with Crippen LogP contribution >= 0.6 is 0 Å². The van der Waals surface area contributed by atoms with Crippen LogP contribution < -0.4 is 5.56 Å². The normalized spacial score (nSPS) is 14.6. The standard InChI is InChI=1S/C26H27N3O3/c1-26(2)15-22-20(23(30)16-26)14-21(24(31)28-22)25(32)29(17-19-8-11-27-12-9-19)13-10-18-6-4-3-5-7-18/h3-9,11-12,14H,10,13,15-17H2,1-2H3,(H,28,31). The fourth-order valence-corrected chi connectivity index (χ4v) is 4.23. The molecule has 2 aromatic heterocycles. The van der Waals surface area contributed by atoms with Gasteiger partial charge < -0.3 is 9.88 Å². The number of fused-ring (bicyclic) bond motifs is 1. The minimum absolute atomic E-state index is 0.0129. The van der Waals surface area contributed by atoms with Crippen LogP contribution in [0.15, 0.2) is 65.7 Å². The Labute approximate surface area is 187 Å². The molecule has 0 saturated carbocycles. The summed E-state index contributed by atoms with van der Waals surface area (Å²) in [6.45, 7) is 4.81. The first-order valence-electron chi connectivity index (χ1n) is 10.8. The van der Waals surface area contributed by atoms with Crippen molar-refractivity contribution in [1.29, 1.82) is 0 Å². The molecule has 32 heavy (non-hydrogen) atoms. The van der Waals surface area contributed by atoms with Crippen molar-refractivity contribution in [2.45, 2.75) is 39.7 Å². The highest BCUT2D eigenvalue weighted by Gasteiger charge is 2.33. The molecule has 1 amide bonds. The van der Waals surface area contributed by atoms with Crippen molar-refractivity contribution in [3.05, 3.63) is 99.2 Å². The van der Waals surface area contributed by atoms with Crippen molar-refractivity contribution in [3.63, 3.8) is 0 Å². The van der Waals surface area contributed by atoms with Gasteiger partial charge in [-0.1, -0.05) is 44.2 Å². The van der Waals surface area contributed by atoms with Crippen LogP contribution in [0, 0.1) is 5.41 Å². The van der Waals surface area contributed by atoms with E-state index in [1.807, 2.05) is 56.3 Å². The van der Waals surface area contributed by atoms with Crippen LogP contribution in [0.25, 0.3) is 0 Å². The fraction of sp³-hybridized carbons (Fsp3) is 0.308. The minimum atomic E-state index is -0.446. The number of benzene rings is 1. The monoisotopic (exact) mass is 429 g/mol. The molecule has 0 radical (unpaired) electrons. The number of nitrogens with zero attached hydrogens (tertiary/aromatic N) is 2. The Morgan fingerprint density at radius 2 is 1.75 bits per heavy atom. The molecule has 0 atom stereocenters. The molecule has 1 aliphatic rings. The summed E-state index contributed by atoms with van der Waals surface area (Å²) >= 11 is 0. The average Bonchev–Trinajstić information content (AvgIpc) is 2.76. The average molecular weight is 430 g/mol. The maximum Gasteiger partial charge on any atom is 0.261 e. The molecular weight excluding hydrogens is 402 g/mol. The Balaban J connectivity index is 1.65. The molecule has 0 saturated heterocycles. The molecule has 4 rings (SSSR count). The highest BCUT2D eigenvalue weighted by Crippen LogP contribution is 2.33. The summed E-state index contributed by atoms with van der Waals surface area (Å²) < 4.78 is 0. The number of hydrogen-bond acceptors (Lipinski definition) is 4. The van der Waals surface area contributed by atoms with Gasteiger partial charge in [0.15, 0.2) is 5.78 Å². The van der Waals surface area contributed by atoms with Gasteiger partial charge in [-0.15, -0.1) is 0 Å². The third-order valence-electron chi connectivity index (χ3n) is 5.87. The molecule has 3 aromatic rings. The first-order chi connectivity index (χ1) is 15.3. The zero-order chi connectivity index (χ0) is 22.7. The number of Topliss-reactive ketones (excluding diaryl/α,β-unsaturated/α-hetero) is 1. The van der Waals surface area contributed by atoms with E-state index in [2.05, 4.69) is 9.97 Å². The first kappa shape index (κ1) is 21.7. The Morgan fingerprint density at radius 1 is 1.03 bits per heavy atom. The predicted molar refractivity (Wildman–Crippen MR) is 123 cm³/mol. The van der Waals surface area contributed by atoms with Crippen molar-refractivity contribution < 1.29 is 9.59 Å².